The van der Waals surface area contributed by atoms with Crippen molar-refractivity contribution in [1.82, 2.24) is 9.55 Å². The molecule has 0 aliphatic rings. The van der Waals surface area contributed by atoms with Gasteiger partial charge < -0.3 is 0 Å². The highest BCUT2D eigenvalue weighted by atomic mass is 31.1. The molecule has 0 fully saturated rings. The van der Waals surface area contributed by atoms with Crippen molar-refractivity contribution in [3.05, 3.63) is 102 Å². The van der Waals surface area contributed by atoms with Gasteiger partial charge >= 0.3 is 0 Å². The number of rotatable bonds is 4. The van der Waals surface area contributed by atoms with Crippen LogP contribution in [0.1, 0.15) is 26.5 Å². The highest BCUT2D eigenvalue weighted by Crippen LogP contribution is 2.35. The van der Waals surface area contributed by atoms with Gasteiger partial charge in [0.15, 0.2) is 0 Å². The second-order valence-corrected chi connectivity index (χ2v) is 10.3. The van der Waals surface area contributed by atoms with Crippen molar-refractivity contribution in [2.24, 2.45) is 0 Å². The van der Waals surface area contributed by atoms with Crippen molar-refractivity contribution in [3.8, 4) is 5.69 Å². The number of halogens is 2. The van der Waals surface area contributed by atoms with Gasteiger partial charge in [-0.2, -0.15) is 0 Å². The summed E-state index contributed by atoms with van der Waals surface area (Å²) in [5.41, 5.74) is 1.71. The highest BCUT2D eigenvalue weighted by Gasteiger charge is 2.28. The topological polar surface area (TPSA) is 17.8 Å². The molecule has 4 aromatic rings. The van der Waals surface area contributed by atoms with Crippen LogP contribution >= 0.6 is 7.92 Å². The fourth-order valence-corrected chi connectivity index (χ4v) is 5.57. The number of hydrogen-bond acceptors (Lipinski definition) is 1. The van der Waals surface area contributed by atoms with E-state index in [1.165, 1.54) is 12.1 Å². The maximum absolute atomic E-state index is 14.8. The summed E-state index contributed by atoms with van der Waals surface area (Å²) in [7, 11) is -1.05. The van der Waals surface area contributed by atoms with Crippen molar-refractivity contribution in [2.45, 2.75) is 26.2 Å². The van der Waals surface area contributed by atoms with Crippen molar-refractivity contribution in [1.29, 1.82) is 0 Å². The van der Waals surface area contributed by atoms with Crippen LogP contribution in [0.15, 0.2) is 85.1 Å². The SMILES string of the molecule is CC(C)(C)c1cn(-c2ccc(F)cc2F)c(P(c2ccccc2)c2ccccc2)n1. The molecule has 0 aliphatic carbocycles. The minimum absolute atomic E-state index is 0.217. The van der Waals surface area contributed by atoms with E-state index in [0.29, 0.717) is 5.69 Å². The summed E-state index contributed by atoms with van der Waals surface area (Å²) in [5.74, 6) is -1.20. The van der Waals surface area contributed by atoms with Gasteiger partial charge in [-0.1, -0.05) is 81.4 Å². The lowest BCUT2D eigenvalue weighted by atomic mass is 9.93. The second kappa shape index (κ2) is 8.12. The first-order valence-electron chi connectivity index (χ1n) is 9.80. The van der Waals surface area contributed by atoms with Crippen LogP contribution in [-0.2, 0) is 5.41 Å². The van der Waals surface area contributed by atoms with E-state index in [-0.39, 0.29) is 5.41 Å². The number of benzene rings is 3. The Morgan fingerprint density at radius 2 is 1.37 bits per heavy atom. The van der Waals surface area contributed by atoms with Gasteiger partial charge in [-0.25, -0.2) is 13.8 Å². The van der Waals surface area contributed by atoms with Crippen LogP contribution in [-0.4, -0.2) is 9.55 Å². The van der Waals surface area contributed by atoms with E-state index >= 15 is 0 Å². The largest absolute Gasteiger partial charge is 0.296 e. The maximum atomic E-state index is 14.8. The van der Waals surface area contributed by atoms with Gasteiger partial charge in [-0.05, 0) is 22.7 Å². The molecule has 0 bridgehead atoms. The zero-order valence-corrected chi connectivity index (χ0v) is 18.1. The van der Waals surface area contributed by atoms with E-state index in [0.717, 1.165) is 27.9 Å². The van der Waals surface area contributed by atoms with Crippen LogP contribution in [0.25, 0.3) is 5.69 Å². The average Bonchev–Trinajstić information content (AvgIpc) is 3.15. The Labute approximate surface area is 177 Å². The third-order valence-electron chi connectivity index (χ3n) is 4.85. The van der Waals surface area contributed by atoms with Gasteiger partial charge in [0.25, 0.3) is 0 Å². The molecule has 1 heterocycles. The number of hydrogen-bond donors (Lipinski definition) is 0. The lowest BCUT2D eigenvalue weighted by molar-refractivity contribution is 0.570. The molecule has 0 aliphatic heterocycles. The van der Waals surface area contributed by atoms with E-state index in [4.69, 9.17) is 4.98 Å². The van der Waals surface area contributed by atoms with Gasteiger partial charge in [0.05, 0.1) is 11.4 Å². The Morgan fingerprint density at radius 3 is 1.87 bits per heavy atom. The third-order valence-corrected chi connectivity index (χ3v) is 7.20. The molecule has 30 heavy (non-hydrogen) atoms. The van der Waals surface area contributed by atoms with Crippen molar-refractivity contribution in [3.63, 3.8) is 0 Å². The van der Waals surface area contributed by atoms with Gasteiger partial charge in [0.1, 0.15) is 17.2 Å². The van der Waals surface area contributed by atoms with Crippen LogP contribution < -0.4 is 16.2 Å². The lowest BCUT2D eigenvalue weighted by Crippen LogP contribution is -2.28. The Morgan fingerprint density at radius 1 is 0.800 bits per heavy atom. The molecule has 0 N–H and O–H groups in total. The molecular formula is C25H23F2N2P. The molecule has 0 radical (unpaired) electrons. The fourth-order valence-electron chi connectivity index (χ4n) is 3.28. The summed E-state index contributed by atoms with van der Waals surface area (Å²) in [6.07, 6.45) is 1.88. The van der Waals surface area contributed by atoms with Gasteiger partial charge in [-0.3, -0.25) is 4.57 Å². The van der Waals surface area contributed by atoms with Gasteiger partial charge in [-0.15, -0.1) is 0 Å². The molecule has 2 nitrogen and oxygen atoms in total. The van der Waals surface area contributed by atoms with Crippen LogP contribution in [0.3, 0.4) is 0 Å². The summed E-state index contributed by atoms with van der Waals surface area (Å²) in [4.78, 5) is 5.01. The fraction of sp³-hybridized carbons (Fsp3) is 0.160. The van der Waals surface area contributed by atoms with Crippen LogP contribution in [0, 0.1) is 11.6 Å². The summed E-state index contributed by atoms with van der Waals surface area (Å²) >= 11 is 0. The molecule has 1 aromatic heterocycles. The summed E-state index contributed by atoms with van der Waals surface area (Å²) in [5, 5.41) is 2.24. The van der Waals surface area contributed by atoms with Crippen molar-refractivity contribution in [2.75, 3.05) is 0 Å². The zero-order chi connectivity index (χ0) is 21.3. The maximum Gasteiger partial charge on any atom is 0.150 e. The van der Waals surface area contributed by atoms with E-state index in [9.17, 15) is 8.78 Å². The Kier molecular flexibility index (Phi) is 5.53. The molecule has 0 saturated carbocycles. The smallest absolute Gasteiger partial charge is 0.150 e. The van der Waals surface area contributed by atoms with Crippen LogP contribution in [0.4, 0.5) is 8.78 Å². The zero-order valence-electron chi connectivity index (χ0n) is 17.2. The average molecular weight is 420 g/mol. The predicted molar refractivity (Wildman–Crippen MR) is 121 cm³/mol. The van der Waals surface area contributed by atoms with E-state index < -0.39 is 19.6 Å². The third kappa shape index (κ3) is 4.06. The molecular weight excluding hydrogens is 397 g/mol. The quantitative estimate of drug-likeness (QED) is 0.415. The molecule has 0 saturated heterocycles. The van der Waals surface area contributed by atoms with Gasteiger partial charge in [0.2, 0.25) is 0 Å². The molecule has 3 aromatic carbocycles. The standard InChI is InChI=1S/C25H23F2N2P/c1-25(2,3)23-17-29(22-15-14-18(26)16-21(22)27)24(28-23)30(19-10-6-4-7-11-19)20-12-8-5-9-13-20/h4-17H,1-3H3. The number of aromatic nitrogens is 2. The Hall–Kier alpha value is -2.84. The van der Waals surface area contributed by atoms with Crippen LogP contribution in [0.5, 0.6) is 0 Å². The molecule has 0 unspecified atom stereocenters. The predicted octanol–water partition coefficient (Wildman–Crippen LogP) is 5.21. The summed E-state index contributed by atoms with van der Waals surface area (Å²) in [6.45, 7) is 6.24. The van der Waals surface area contributed by atoms with Crippen LogP contribution in [0.2, 0.25) is 0 Å². The van der Waals surface area contributed by atoms with Crippen molar-refractivity contribution < 1.29 is 8.78 Å². The summed E-state index contributed by atoms with van der Waals surface area (Å²) < 4.78 is 30.2. The van der Waals surface area contributed by atoms with E-state index in [1.54, 1.807) is 4.57 Å². The number of nitrogens with zero attached hydrogens (tertiary/aromatic N) is 2. The first-order valence-corrected chi connectivity index (χ1v) is 11.1. The summed E-state index contributed by atoms with van der Waals surface area (Å²) in [6, 6.07) is 24.0. The molecule has 4 rings (SSSR count). The monoisotopic (exact) mass is 420 g/mol. The molecule has 152 valence electrons. The molecule has 5 heteroatoms. The Balaban J connectivity index is 2.00. The first kappa shape index (κ1) is 20.4. The first-order chi connectivity index (χ1) is 14.3. The van der Waals surface area contributed by atoms with E-state index in [2.05, 4.69) is 45.0 Å². The van der Waals surface area contributed by atoms with E-state index in [1.807, 2.05) is 42.6 Å². The molecule has 0 spiro atoms. The van der Waals surface area contributed by atoms with Gasteiger partial charge in [0, 0.05) is 25.6 Å². The Bertz CT molecular complexity index is 1110. The lowest BCUT2D eigenvalue weighted by Gasteiger charge is -2.20. The molecule has 0 amide bonds. The minimum atomic E-state index is -1.05. The second-order valence-electron chi connectivity index (χ2n) is 8.15. The number of imidazole rings is 1. The molecule has 0 atom stereocenters. The minimum Gasteiger partial charge on any atom is -0.296 e. The normalized spacial score (nSPS) is 11.8. The van der Waals surface area contributed by atoms with Crippen molar-refractivity contribution >= 4 is 24.1 Å². The highest BCUT2D eigenvalue weighted by molar-refractivity contribution is 7.79.